The van der Waals surface area contributed by atoms with E-state index >= 15 is 0 Å². The molecule has 0 atom stereocenters. The number of hydrogen-bond donors (Lipinski definition) is 2. The van der Waals surface area contributed by atoms with Gasteiger partial charge in [0.1, 0.15) is 0 Å². The molecular formula is C24H50N2O10. The topological polar surface area (TPSA) is 121 Å². The minimum Gasteiger partial charge on any atom is -0.394 e. The molecule has 0 amide bonds. The first-order valence-electron chi connectivity index (χ1n) is 13.1. The first-order valence-corrected chi connectivity index (χ1v) is 13.1. The SMILES string of the molecule is OCCOCCN1CCOCCOCCOCCN(CCOCCO)CCOCCOCCOCC1. The van der Waals surface area contributed by atoms with Crippen molar-refractivity contribution in [3.63, 3.8) is 0 Å². The van der Waals surface area contributed by atoms with Crippen LogP contribution in [0.1, 0.15) is 0 Å². The molecule has 0 spiro atoms. The Hall–Kier alpha value is -0.480. The number of rotatable bonds is 10. The van der Waals surface area contributed by atoms with Gasteiger partial charge in [0.2, 0.25) is 0 Å². The molecule has 0 aromatic heterocycles. The lowest BCUT2D eigenvalue weighted by atomic mass is 10.4. The zero-order chi connectivity index (χ0) is 25.8. The van der Waals surface area contributed by atoms with Crippen molar-refractivity contribution >= 4 is 0 Å². The summed E-state index contributed by atoms with van der Waals surface area (Å²) in [5, 5.41) is 17.7. The molecule has 1 fully saturated rings. The first-order chi connectivity index (χ1) is 17.9. The quantitative estimate of drug-likeness (QED) is 0.330. The fraction of sp³-hybridized carbons (Fsp3) is 1.00. The minimum atomic E-state index is 0.0301. The molecule has 2 N–H and O–H groups in total. The van der Waals surface area contributed by atoms with Gasteiger partial charge in [0, 0.05) is 39.3 Å². The highest BCUT2D eigenvalue weighted by molar-refractivity contribution is 4.58. The summed E-state index contributed by atoms with van der Waals surface area (Å²) in [6, 6.07) is 0. The third kappa shape index (κ3) is 22.7. The van der Waals surface area contributed by atoms with Crippen LogP contribution >= 0.6 is 0 Å². The van der Waals surface area contributed by atoms with E-state index < -0.39 is 0 Å². The maximum atomic E-state index is 8.85. The molecule has 12 nitrogen and oxygen atoms in total. The zero-order valence-corrected chi connectivity index (χ0v) is 22.0. The molecule has 1 aliphatic heterocycles. The van der Waals surface area contributed by atoms with Crippen LogP contribution in [0.5, 0.6) is 0 Å². The van der Waals surface area contributed by atoms with Crippen molar-refractivity contribution in [2.45, 2.75) is 0 Å². The predicted molar refractivity (Wildman–Crippen MR) is 134 cm³/mol. The summed E-state index contributed by atoms with van der Waals surface area (Å²) < 4.78 is 44.8. The Balaban J connectivity index is 2.33. The van der Waals surface area contributed by atoms with E-state index in [0.29, 0.717) is 106 Å². The first kappa shape index (κ1) is 33.5. The number of aliphatic hydroxyl groups is 2. The van der Waals surface area contributed by atoms with E-state index in [0.717, 1.165) is 39.3 Å². The van der Waals surface area contributed by atoms with Crippen LogP contribution in [0.25, 0.3) is 0 Å². The standard InChI is InChI=1S/C24H50N2O10/c27-7-15-29-9-1-25-3-11-31-17-21-35-23-19-33-13-5-26(2-10-30-16-8-28)6-14-34-20-24-36-22-18-32-12-4-25/h27-28H,1-24H2. The van der Waals surface area contributed by atoms with Crippen molar-refractivity contribution < 1.29 is 48.1 Å². The zero-order valence-electron chi connectivity index (χ0n) is 22.0. The summed E-state index contributed by atoms with van der Waals surface area (Å²) in [7, 11) is 0. The van der Waals surface area contributed by atoms with Crippen molar-refractivity contribution in [1.29, 1.82) is 0 Å². The van der Waals surface area contributed by atoms with Gasteiger partial charge in [-0.1, -0.05) is 0 Å². The molecule has 0 radical (unpaired) electrons. The van der Waals surface area contributed by atoms with Gasteiger partial charge >= 0.3 is 0 Å². The van der Waals surface area contributed by atoms with E-state index in [1.54, 1.807) is 0 Å². The summed E-state index contributed by atoms with van der Waals surface area (Å²) in [5.41, 5.74) is 0. The Morgan fingerprint density at radius 3 is 0.972 bits per heavy atom. The van der Waals surface area contributed by atoms with Gasteiger partial charge in [-0.2, -0.15) is 0 Å². The van der Waals surface area contributed by atoms with Crippen LogP contribution in [0.15, 0.2) is 0 Å². The van der Waals surface area contributed by atoms with Crippen LogP contribution in [0, 0.1) is 0 Å². The van der Waals surface area contributed by atoms with Crippen LogP contribution in [-0.2, 0) is 37.9 Å². The Bertz CT molecular complexity index is 378. The van der Waals surface area contributed by atoms with E-state index in [1.807, 2.05) is 0 Å². The molecule has 1 rings (SSSR count). The second-order valence-corrected chi connectivity index (χ2v) is 8.03. The summed E-state index contributed by atoms with van der Waals surface area (Å²) in [6.07, 6.45) is 0. The molecular weight excluding hydrogens is 476 g/mol. The average Bonchev–Trinajstić information content (AvgIpc) is 2.89. The van der Waals surface area contributed by atoms with Gasteiger partial charge in [0.15, 0.2) is 0 Å². The maximum Gasteiger partial charge on any atom is 0.0701 e. The van der Waals surface area contributed by atoms with Crippen LogP contribution in [0.2, 0.25) is 0 Å². The maximum absolute atomic E-state index is 8.85. The highest BCUT2D eigenvalue weighted by Crippen LogP contribution is 1.94. The van der Waals surface area contributed by atoms with Gasteiger partial charge in [0.25, 0.3) is 0 Å². The molecule has 0 unspecified atom stereocenters. The van der Waals surface area contributed by atoms with Crippen molar-refractivity contribution in [1.82, 2.24) is 9.80 Å². The molecule has 0 aromatic rings. The van der Waals surface area contributed by atoms with Crippen LogP contribution in [-0.4, -0.2) is 178 Å². The number of hydrogen-bond acceptors (Lipinski definition) is 12. The third-order valence-corrected chi connectivity index (χ3v) is 5.27. The molecule has 1 aliphatic rings. The number of ether oxygens (including phenoxy) is 8. The lowest BCUT2D eigenvalue weighted by Crippen LogP contribution is -2.35. The molecule has 1 saturated heterocycles. The van der Waals surface area contributed by atoms with E-state index in [2.05, 4.69) is 9.80 Å². The van der Waals surface area contributed by atoms with Crippen LogP contribution in [0.4, 0.5) is 0 Å². The normalized spacial score (nSPS) is 21.2. The fourth-order valence-electron chi connectivity index (χ4n) is 3.25. The van der Waals surface area contributed by atoms with Gasteiger partial charge in [-0.15, -0.1) is 0 Å². The van der Waals surface area contributed by atoms with E-state index in [1.165, 1.54) is 0 Å². The van der Waals surface area contributed by atoms with E-state index in [-0.39, 0.29) is 13.2 Å². The Morgan fingerprint density at radius 2 is 0.694 bits per heavy atom. The van der Waals surface area contributed by atoms with Crippen molar-refractivity contribution in [3.05, 3.63) is 0 Å². The second-order valence-electron chi connectivity index (χ2n) is 8.03. The second kappa shape index (κ2) is 27.6. The van der Waals surface area contributed by atoms with Crippen molar-refractivity contribution in [2.75, 3.05) is 158 Å². The van der Waals surface area contributed by atoms with E-state index in [9.17, 15) is 0 Å². The molecule has 0 saturated carbocycles. The molecule has 0 bridgehead atoms. The van der Waals surface area contributed by atoms with Crippen LogP contribution in [0.3, 0.4) is 0 Å². The molecule has 0 aromatic carbocycles. The summed E-state index contributed by atoms with van der Waals surface area (Å²) in [4.78, 5) is 4.45. The van der Waals surface area contributed by atoms with Gasteiger partial charge in [-0.25, -0.2) is 0 Å². The van der Waals surface area contributed by atoms with Gasteiger partial charge in [0.05, 0.1) is 119 Å². The van der Waals surface area contributed by atoms with Gasteiger partial charge in [-0.3, -0.25) is 9.80 Å². The van der Waals surface area contributed by atoms with Gasteiger partial charge < -0.3 is 48.1 Å². The molecule has 0 aliphatic carbocycles. The molecule has 1 heterocycles. The highest BCUT2D eigenvalue weighted by Gasteiger charge is 2.07. The Morgan fingerprint density at radius 1 is 0.417 bits per heavy atom. The molecule has 12 heteroatoms. The largest absolute Gasteiger partial charge is 0.394 e. The monoisotopic (exact) mass is 526 g/mol. The van der Waals surface area contributed by atoms with Crippen molar-refractivity contribution in [2.24, 2.45) is 0 Å². The minimum absolute atomic E-state index is 0.0301. The molecule has 36 heavy (non-hydrogen) atoms. The lowest BCUT2D eigenvalue weighted by molar-refractivity contribution is -0.0104. The Kier molecular flexibility index (Phi) is 25.7. The number of nitrogens with zero attached hydrogens (tertiary/aromatic N) is 2. The van der Waals surface area contributed by atoms with Gasteiger partial charge in [-0.05, 0) is 0 Å². The lowest BCUT2D eigenvalue weighted by Gasteiger charge is -2.22. The predicted octanol–water partition coefficient (Wildman–Crippen LogP) is -1.28. The van der Waals surface area contributed by atoms with E-state index in [4.69, 9.17) is 48.1 Å². The van der Waals surface area contributed by atoms with Crippen molar-refractivity contribution in [3.8, 4) is 0 Å². The Labute approximate surface area is 216 Å². The fourth-order valence-corrected chi connectivity index (χ4v) is 3.25. The highest BCUT2D eigenvalue weighted by atomic mass is 16.6. The molecule has 216 valence electrons. The van der Waals surface area contributed by atoms with Crippen LogP contribution < -0.4 is 0 Å². The summed E-state index contributed by atoms with van der Waals surface area (Å²) >= 11 is 0. The summed E-state index contributed by atoms with van der Waals surface area (Å²) in [6.45, 7) is 13.1. The summed E-state index contributed by atoms with van der Waals surface area (Å²) in [5.74, 6) is 0. The average molecular weight is 527 g/mol. The smallest absolute Gasteiger partial charge is 0.0701 e. The third-order valence-electron chi connectivity index (χ3n) is 5.27. The number of aliphatic hydroxyl groups excluding tert-OH is 2.